The van der Waals surface area contributed by atoms with E-state index in [1.54, 1.807) is 30.0 Å². The predicted molar refractivity (Wildman–Crippen MR) is 84.2 cm³/mol. The predicted octanol–water partition coefficient (Wildman–Crippen LogP) is 4.20. The highest BCUT2D eigenvalue weighted by Gasteiger charge is 2.18. The molecule has 0 aliphatic carbocycles. The molecule has 0 radical (unpaired) electrons. The molecule has 2 aromatic rings. The Morgan fingerprint density at radius 1 is 1.40 bits per heavy atom. The second-order valence-corrected chi connectivity index (χ2v) is 8.53. The van der Waals surface area contributed by atoms with Crippen LogP contribution in [0.15, 0.2) is 9.72 Å². The molecule has 0 aliphatic heterocycles. The van der Waals surface area contributed by atoms with Gasteiger partial charge in [-0.2, -0.15) is 0 Å². The molecule has 0 atom stereocenters. The highest BCUT2D eigenvalue weighted by atomic mass is 32.2. The van der Waals surface area contributed by atoms with Crippen LogP contribution in [0.25, 0.3) is 0 Å². The summed E-state index contributed by atoms with van der Waals surface area (Å²) in [6, 6.07) is 0. The number of nitrogens with zero attached hydrogens (tertiary/aromatic N) is 2. The molecule has 0 unspecified atom stereocenters. The monoisotopic (exact) mass is 328 g/mol. The van der Waals surface area contributed by atoms with Crippen LogP contribution in [0.1, 0.15) is 46.8 Å². The first kappa shape index (κ1) is 15.5. The summed E-state index contributed by atoms with van der Waals surface area (Å²) < 4.78 is 0.785. The Morgan fingerprint density at radius 2 is 2.10 bits per heavy atom. The molecular formula is C13H16N2O2S3. The summed E-state index contributed by atoms with van der Waals surface area (Å²) in [5.41, 5.74) is 1.74. The zero-order valence-corrected chi connectivity index (χ0v) is 14.2. The largest absolute Gasteiger partial charge is 0.477 e. The number of carboxylic acids is 1. The number of aromatic nitrogens is 2. The summed E-state index contributed by atoms with van der Waals surface area (Å²) >= 11 is 4.41. The lowest BCUT2D eigenvalue weighted by Gasteiger charge is -2.14. The maximum absolute atomic E-state index is 11.0. The Bertz CT molecular complexity index is 626. The highest BCUT2D eigenvalue weighted by Crippen LogP contribution is 2.31. The number of carbonyl (C=O) groups is 1. The average molecular weight is 328 g/mol. The zero-order valence-electron chi connectivity index (χ0n) is 11.8. The smallest absolute Gasteiger partial charge is 0.347 e. The van der Waals surface area contributed by atoms with Gasteiger partial charge in [0.15, 0.2) is 4.34 Å². The fourth-order valence-electron chi connectivity index (χ4n) is 1.48. The summed E-state index contributed by atoms with van der Waals surface area (Å²) in [6.07, 6.45) is 0. The zero-order chi connectivity index (χ0) is 14.9. The fourth-order valence-corrected chi connectivity index (χ4v) is 4.54. The van der Waals surface area contributed by atoms with Gasteiger partial charge in [-0.1, -0.05) is 32.5 Å². The molecule has 0 saturated carbocycles. The lowest BCUT2D eigenvalue weighted by atomic mass is 9.93. The van der Waals surface area contributed by atoms with Gasteiger partial charge < -0.3 is 5.11 Å². The molecule has 0 saturated heterocycles. The summed E-state index contributed by atoms with van der Waals surface area (Å²) in [5, 5.41) is 12.1. The van der Waals surface area contributed by atoms with E-state index in [4.69, 9.17) is 5.11 Å². The van der Waals surface area contributed by atoms with Crippen molar-refractivity contribution in [2.45, 2.75) is 43.2 Å². The third kappa shape index (κ3) is 3.59. The number of aryl methyl sites for hydroxylation is 1. The lowest BCUT2D eigenvalue weighted by molar-refractivity contribution is 0.0701. The van der Waals surface area contributed by atoms with E-state index < -0.39 is 5.97 Å². The summed E-state index contributed by atoms with van der Waals surface area (Å²) in [7, 11) is 0. The van der Waals surface area contributed by atoms with Crippen LogP contribution < -0.4 is 0 Å². The van der Waals surface area contributed by atoms with E-state index in [1.165, 1.54) is 11.3 Å². The molecule has 0 amide bonds. The average Bonchev–Trinajstić information content (AvgIpc) is 2.91. The van der Waals surface area contributed by atoms with Gasteiger partial charge in [0.2, 0.25) is 0 Å². The van der Waals surface area contributed by atoms with Gasteiger partial charge in [-0.05, 0) is 6.92 Å². The van der Waals surface area contributed by atoms with Gasteiger partial charge >= 0.3 is 5.97 Å². The van der Waals surface area contributed by atoms with Crippen molar-refractivity contribution >= 4 is 40.4 Å². The Kier molecular flexibility index (Phi) is 4.51. The first-order valence-electron chi connectivity index (χ1n) is 6.06. The third-order valence-corrected chi connectivity index (χ3v) is 5.94. The van der Waals surface area contributed by atoms with Gasteiger partial charge in [-0.25, -0.2) is 14.8 Å². The first-order valence-corrected chi connectivity index (χ1v) is 8.74. The van der Waals surface area contributed by atoms with Crippen LogP contribution in [0.5, 0.6) is 0 Å². The van der Waals surface area contributed by atoms with Crippen molar-refractivity contribution in [2.75, 3.05) is 0 Å². The molecule has 0 aromatic carbocycles. The number of rotatable bonds is 4. The molecule has 0 aliphatic rings. The van der Waals surface area contributed by atoms with E-state index in [0.29, 0.717) is 10.6 Å². The van der Waals surface area contributed by atoms with Gasteiger partial charge in [0.1, 0.15) is 9.88 Å². The van der Waals surface area contributed by atoms with Crippen molar-refractivity contribution in [1.29, 1.82) is 0 Å². The van der Waals surface area contributed by atoms with E-state index in [0.717, 1.165) is 20.8 Å². The summed E-state index contributed by atoms with van der Waals surface area (Å²) in [4.78, 5) is 20.2. The molecule has 1 N–H and O–H groups in total. The summed E-state index contributed by atoms with van der Waals surface area (Å²) in [5.74, 6) is -0.177. The van der Waals surface area contributed by atoms with Crippen molar-refractivity contribution in [1.82, 2.24) is 9.97 Å². The Morgan fingerprint density at radius 3 is 2.60 bits per heavy atom. The Hall–Kier alpha value is -0.920. The minimum atomic E-state index is -0.906. The highest BCUT2D eigenvalue weighted by molar-refractivity contribution is 8.00. The van der Waals surface area contributed by atoms with Crippen molar-refractivity contribution in [3.63, 3.8) is 0 Å². The summed E-state index contributed by atoms with van der Waals surface area (Å²) in [6.45, 7) is 8.15. The van der Waals surface area contributed by atoms with Crippen LogP contribution in [0.3, 0.4) is 0 Å². The van der Waals surface area contributed by atoms with Crippen molar-refractivity contribution in [3.8, 4) is 0 Å². The number of carboxylic acid groups (broad SMARTS) is 1. The van der Waals surface area contributed by atoms with E-state index in [-0.39, 0.29) is 5.41 Å². The third-order valence-electron chi connectivity index (χ3n) is 2.61. The van der Waals surface area contributed by atoms with E-state index >= 15 is 0 Å². The topological polar surface area (TPSA) is 63.1 Å². The maximum Gasteiger partial charge on any atom is 0.347 e. The van der Waals surface area contributed by atoms with Crippen LogP contribution in [-0.4, -0.2) is 21.0 Å². The van der Waals surface area contributed by atoms with Gasteiger partial charge in [0.05, 0.1) is 17.1 Å². The number of thiazole rings is 2. The Labute approximate surface area is 130 Å². The second kappa shape index (κ2) is 5.83. The quantitative estimate of drug-likeness (QED) is 0.852. The van der Waals surface area contributed by atoms with Crippen LogP contribution in [0, 0.1) is 6.92 Å². The minimum Gasteiger partial charge on any atom is -0.477 e. The number of hydrogen-bond acceptors (Lipinski definition) is 6. The number of aromatic carboxylic acids is 1. The molecule has 2 rings (SSSR count). The molecule has 0 bridgehead atoms. The normalized spacial score (nSPS) is 11.8. The molecule has 7 heteroatoms. The molecule has 2 aromatic heterocycles. The maximum atomic E-state index is 11.0. The van der Waals surface area contributed by atoms with Gasteiger partial charge in [0.25, 0.3) is 0 Å². The fraction of sp³-hybridized carbons (Fsp3) is 0.462. The van der Waals surface area contributed by atoms with Gasteiger partial charge in [-0.15, -0.1) is 22.7 Å². The minimum absolute atomic E-state index is 0.0632. The Balaban J connectivity index is 2.04. The second-order valence-electron chi connectivity index (χ2n) is 5.36. The molecule has 0 spiro atoms. The molecule has 4 nitrogen and oxygen atoms in total. The molecular weight excluding hydrogens is 312 g/mol. The van der Waals surface area contributed by atoms with E-state index in [2.05, 4.69) is 36.1 Å². The van der Waals surface area contributed by atoms with Crippen molar-refractivity contribution < 1.29 is 9.90 Å². The number of hydrogen-bond donors (Lipinski definition) is 1. The molecule has 108 valence electrons. The van der Waals surface area contributed by atoms with Gasteiger partial charge in [0, 0.05) is 10.8 Å². The van der Waals surface area contributed by atoms with Crippen LogP contribution in [0.4, 0.5) is 0 Å². The number of thioether (sulfide) groups is 1. The van der Waals surface area contributed by atoms with E-state index in [9.17, 15) is 4.79 Å². The molecule has 20 heavy (non-hydrogen) atoms. The van der Waals surface area contributed by atoms with Crippen LogP contribution >= 0.6 is 34.4 Å². The molecule has 0 fully saturated rings. The SMILES string of the molecule is Cc1nc(SCc2nc(C(C)(C)C)cs2)sc1C(=O)O. The van der Waals surface area contributed by atoms with E-state index in [1.807, 2.05) is 0 Å². The molecule has 2 heterocycles. The van der Waals surface area contributed by atoms with Crippen LogP contribution in [-0.2, 0) is 11.2 Å². The van der Waals surface area contributed by atoms with Crippen LogP contribution in [0.2, 0.25) is 0 Å². The first-order chi connectivity index (χ1) is 9.27. The van der Waals surface area contributed by atoms with Crippen molar-refractivity contribution in [2.24, 2.45) is 0 Å². The van der Waals surface area contributed by atoms with Gasteiger partial charge in [-0.3, -0.25) is 0 Å². The lowest BCUT2D eigenvalue weighted by Crippen LogP contribution is -2.11. The standard InChI is InChI=1S/C13H16N2O2S3/c1-7-10(11(16)17)20-12(14-7)19-6-9-15-8(5-18-9)13(2,3)4/h5H,6H2,1-4H3,(H,16,17). The van der Waals surface area contributed by atoms with Crippen molar-refractivity contribution in [3.05, 3.63) is 26.7 Å².